The number of amides is 2. The minimum atomic E-state index is -0.482. The number of methoxy groups -OCH3 is 3. The average molecular weight is 370 g/mol. The second-order valence-corrected chi connectivity index (χ2v) is 5.51. The molecule has 0 saturated heterocycles. The molecule has 2 aromatic rings. The van der Waals surface area contributed by atoms with Crippen molar-refractivity contribution in [3.63, 3.8) is 0 Å². The molecular weight excluding hydrogens is 348 g/mol. The summed E-state index contributed by atoms with van der Waals surface area (Å²) in [5.74, 6) is 0.744. The zero-order valence-electron chi connectivity index (χ0n) is 15.7. The Kier molecular flexibility index (Phi) is 6.82. The van der Waals surface area contributed by atoms with E-state index in [1.165, 1.54) is 28.3 Å². The minimum Gasteiger partial charge on any atom is -0.495 e. The third-order valence-corrected chi connectivity index (χ3v) is 3.63. The van der Waals surface area contributed by atoms with Gasteiger partial charge in [-0.2, -0.15) is 0 Å². The van der Waals surface area contributed by atoms with Crippen LogP contribution in [-0.2, 0) is 9.59 Å². The minimum absolute atomic E-state index is 0.0839. The van der Waals surface area contributed by atoms with Crippen LogP contribution in [0.2, 0.25) is 0 Å². The second kappa shape index (κ2) is 9.28. The van der Waals surface area contributed by atoms with Crippen LogP contribution in [0, 0.1) is 0 Å². The van der Waals surface area contributed by atoms with Gasteiger partial charge in [-0.3, -0.25) is 9.59 Å². The molecule has 0 aromatic heterocycles. The quantitative estimate of drug-likeness (QED) is 0.732. The highest BCUT2D eigenvalue weighted by Gasteiger charge is 2.14. The third kappa shape index (κ3) is 5.24. The van der Waals surface area contributed by atoms with E-state index in [-0.39, 0.29) is 11.6 Å². The zero-order chi connectivity index (χ0) is 19.8. The van der Waals surface area contributed by atoms with Crippen molar-refractivity contribution >= 4 is 23.6 Å². The maximum Gasteiger partial charge on any atom is 0.272 e. The van der Waals surface area contributed by atoms with Gasteiger partial charge in [0, 0.05) is 6.92 Å². The number of carbonyl (C=O) groups is 2. The van der Waals surface area contributed by atoms with E-state index < -0.39 is 5.91 Å². The Bertz CT molecular complexity index is 861. The summed E-state index contributed by atoms with van der Waals surface area (Å²) in [6, 6.07) is 12.2. The number of anilines is 1. The first-order valence-electron chi connectivity index (χ1n) is 8.14. The van der Waals surface area contributed by atoms with Gasteiger partial charge in [0.2, 0.25) is 5.91 Å². The third-order valence-electron chi connectivity index (χ3n) is 3.63. The molecule has 0 atom stereocenters. The standard InChI is InChI=1S/C20H22N2O5/c1-13(23)21-16(11-14-9-10-18(26-3)19(12-14)27-4)20(24)22-15-7-5-6-8-17(15)25-2/h5-12H,1-4H3,(H,21,23)(H,22,24)/b16-11-. The molecule has 0 radical (unpaired) electrons. The number of ether oxygens (including phenoxy) is 3. The Morgan fingerprint density at radius 2 is 1.56 bits per heavy atom. The first kappa shape index (κ1) is 19.8. The van der Waals surface area contributed by atoms with Gasteiger partial charge in [-0.15, -0.1) is 0 Å². The van der Waals surface area contributed by atoms with Gasteiger partial charge in [-0.05, 0) is 35.9 Å². The summed E-state index contributed by atoms with van der Waals surface area (Å²) in [6.07, 6.45) is 1.55. The summed E-state index contributed by atoms with van der Waals surface area (Å²) in [5.41, 5.74) is 1.24. The number of hydrogen-bond acceptors (Lipinski definition) is 5. The van der Waals surface area contributed by atoms with E-state index in [1.54, 1.807) is 48.5 Å². The number of benzene rings is 2. The Morgan fingerprint density at radius 3 is 2.19 bits per heavy atom. The molecule has 2 amide bonds. The van der Waals surface area contributed by atoms with Crippen molar-refractivity contribution in [2.45, 2.75) is 6.92 Å². The van der Waals surface area contributed by atoms with E-state index in [0.29, 0.717) is 28.5 Å². The van der Waals surface area contributed by atoms with Crippen LogP contribution < -0.4 is 24.8 Å². The van der Waals surface area contributed by atoms with E-state index in [2.05, 4.69) is 10.6 Å². The molecule has 0 fully saturated rings. The molecule has 0 aliphatic carbocycles. The summed E-state index contributed by atoms with van der Waals surface area (Å²) in [5, 5.41) is 5.28. The SMILES string of the molecule is COc1ccccc1NC(=O)/C(=C/c1ccc(OC)c(OC)c1)NC(C)=O. The van der Waals surface area contributed by atoms with Gasteiger partial charge in [0.05, 0.1) is 27.0 Å². The molecule has 0 heterocycles. The van der Waals surface area contributed by atoms with Crippen LogP contribution in [0.15, 0.2) is 48.2 Å². The molecule has 2 rings (SSSR count). The Morgan fingerprint density at radius 1 is 0.889 bits per heavy atom. The lowest BCUT2D eigenvalue weighted by molar-refractivity contribution is -0.120. The van der Waals surface area contributed by atoms with Gasteiger partial charge in [-0.25, -0.2) is 0 Å². The fourth-order valence-electron chi connectivity index (χ4n) is 2.39. The number of carbonyl (C=O) groups excluding carboxylic acids is 2. The number of hydrogen-bond donors (Lipinski definition) is 2. The maximum absolute atomic E-state index is 12.7. The molecule has 2 N–H and O–H groups in total. The number of rotatable bonds is 7. The molecule has 0 aliphatic rings. The Labute approximate surface area is 157 Å². The van der Waals surface area contributed by atoms with Crippen molar-refractivity contribution in [3.05, 3.63) is 53.7 Å². The van der Waals surface area contributed by atoms with E-state index in [9.17, 15) is 9.59 Å². The van der Waals surface area contributed by atoms with Crippen molar-refractivity contribution < 1.29 is 23.8 Å². The van der Waals surface area contributed by atoms with E-state index in [4.69, 9.17) is 14.2 Å². The molecule has 0 saturated carbocycles. The first-order valence-corrected chi connectivity index (χ1v) is 8.14. The van der Waals surface area contributed by atoms with Crippen LogP contribution in [0.3, 0.4) is 0 Å². The van der Waals surface area contributed by atoms with Crippen LogP contribution in [-0.4, -0.2) is 33.1 Å². The lowest BCUT2D eigenvalue weighted by atomic mass is 10.1. The second-order valence-electron chi connectivity index (χ2n) is 5.51. The van der Waals surface area contributed by atoms with Crippen molar-refractivity contribution in [3.8, 4) is 17.2 Å². The van der Waals surface area contributed by atoms with E-state index in [0.717, 1.165) is 0 Å². The van der Waals surface area contributed by atoms with Crippen LogP contribution in [0.1, 0.15) is 12.5 Å². The summed E-state index contributed by atoms with van der Waals surface area (Å²) in [7, 11) is 4.57. The van der Waals surface area contributed by atoms with Gasteiger partial charge >= 0.3 is 0 Å². The zero-order valence-corrected chi connectivity index (χ0v) is 15.7. The first-order chi connectivity index (χ1) is 13.0. The molecule has 0 spiro atoms. The number of nitrogens with one attached hydrogen (secondary N) is 2. The lowest BCUT2D eigenvalue weighted by Gasteiger charge is -2.13. The Balaban J connectivity index is 2.35. The summed E-state index contributed by atoms with van der Waals surface area (Å²) < 4.78 is 15.7. The Hall–Kier alpha value is -3.48. The van der Waals surface area contributed by atoms with Crippen LogP contribution >= 0.6 is 0 Å². The highest BCUT2D eigenvalue weighted by molar-refractivity contribution is 6.09. The fourth-order valence-corrected chi connectivity index (χ4v) is 2.39. The number of para-hydroxylation sites is 2. The molecule has 0 aliphatic heterocycles. The van der Waals surface area contributed by atoms with Gasteiger partial charge in [0.1, 0.15) is 11.4 Å². The smallest absolute Gasteiger partial charge is 0.272 e. The molecule has 142 valence electrons. The monoisotopic (exact) mass is 370 g/mol. The van der Waals surface area contributed by atoms with Crippen molar-refractivity contribution in [1.82, 2.24) is 5.32 Å². The topological polar surface area (TPSA) is 85.9 Å². The van der Waals surface area contributed by atoms with Crippen molar-refractivity contribution in [1.29, 1.82) is 0 Å². The molecule has 27 heavy (non-hydrogen) atoms. The molecule has 7 heteroatoms. The van der Waals surface area contributed by atoms with Crippen molar-refractivity contribution in [2.75, 3.05) is 26.6 Å². The molecule has 0 bridgehead atoms. The molecule has 7 nitrogen and oxygen atoms in total. The molecule has 2 aromatic carbocycles. The van der Waals surface area contributed by atoms with Gasteiger partial charge < -0.3 is 24.8 Å². The van der Waals surface area contributed by atoms with Gasteiger partial charge in [0.25, 0.3) is 5.91 Å². The van der Waals surface area contributed by atoms with Crippen molar-refractivity contribution in [2.24, 2.45) is 0 Å². The largest absolute Gasteiger partial charge is 0.495 e. The highest BCUT2D eigenvalue weighted by atomic mass is 16.5. The lowest BCUT2D eigenvalue weighted by Crippen LogP contribution is -2.29. The van der Waals surface area contributed by atoms with E-state index in [1.807, 2.05) is 0 Å². The normalized spacial score (nSPS) is 10.7. The van der Waals surface area contributed by atoms with Gasteiger partial charge in [0.15, 0.2) is 11.5 Å². The van der Waals surface area contributed by atoms with Crippen LogP contribution in [0.25, 0.3) is 6.08 Å². The summed E-state index contributed by atoms with van der Waals surface area (Å²) in [4.78, 5) is 24.2. The molecular formula is C20H22N2O5. The summed E-state index contributed by atoms with van der Waals surface area (Å²) >= 11 is 0. The predicted octanol–water partition coefficient (Wildman–Crippen LogP) is 2.83. The molecule has 0 unspecified atom stereocenters. The predicted molar refractivity (Wildman–Crippen MR) is 103 cm³/mol. The highest BCUT2D eigenvalue weighted by Crippen LogP contribution is 2.28. The average Bonchev–Trinajstić information content (AvgIpc) is 2.67. The van der Waals surface area contributed by atoms with E-state index >= 15 is 0 Å². The fraction of sp³-hybridized carbons (Fsp3) is 0.200. The van der Waals surface area contributed by atoms with Crippen LogP contribution in [0.4, 0.5) is 5.69 Å². The maximum atomic E-state index is 12.7. The summed E-state index contributed by atoms with van der Waals surface area (Å²) in [6.45, 7) is 1.33. The van der Waals surface area contributed by atoms with Crippen LogP contribution in [0.5, 0.6) is 17.2 Å². The van der Waals surface area contributed by atoms with Gasteiger partial charge in [-0.1, -0.05) is 18.2 Å².